The molecule has 1 atom stereocenters. The fraction of sp³-hybridized carbons (Fsp3) is 0.900. The van der Waals surface area contributed by atoms with Gasteiger partial charge in [-0.05, 0) is 40.3 Å². The maximum Gasteiger partial charge on any atom is 0.0396 e. The molecule has 0 aromatic heterocycles. The fourth-order valence-electron chi connectivity index (χ4n) is 1.51. The van der Waals surface area contributed by atoms with E-state index in [0.29, 0.717) is 12.1 Å². The molecule has 0 radical (unpaired) electrons. The summed E-state index contributed by atoms with van der Waals surface area (Å²) in [5, 5.41) is 3.43. The highest BCUT2D eigenvalue weighted by Gasteiger charge is 2.20. The molecule has 13 heavy (non-hydrogen) atoms. The molecule has 3 heteroatoms. The Labute approximate surface area is 86.7 Å². The minimum Gasteiger partial charge on any atom is -0.309 e. The van der Waals surface area contributed by atoms with Crippen LogP contribution in [-0.4, -0.2) is 42.0 Å². The van der Waals surface area contributed by atoms with E-state index in [1.165, 1.54) is 4.86 Å². The van der Waals surface area contributed by atoms with Crippen LogP contribution >= 0.6 is 12.2 Å². The zero-order valence-corrected chi connectivity index (χ0v) is 9.66. The molecule has 1 rings (SSSR count). The van der Waals surface area contributed by atoms with Crippen LogP contribution in [0.15, 0.2) is 0 Å². The van der Waals surface area contributed by atoms with Crippen LogP contribution in [0.1, 0.15) is 26.7 Å². The van der Waals surface area contributed by atoms with Gasteiger partial charge in [0.1, 0.15) is 0 Å². The van der Waals surface area contributed by atoms with E-state index in [2.05, 4.69) is 31.1 Å². The van der Waals surface area contributed by atoms with Crippen molar-refractivity contribution in [1.82, 2.24) is 10.2 Å². The minimum atomic E-state index is 0.496. The van der Waals surface area contributed by atoms with Crippen LogP contribution in [0.2, 0.25) is 0 Å². The lowest BCUT2D eigenvalue weighted by Crippen LogP contribution is -2.34. The molecule has 1 saturated heterocycles. The summed E-state index contributed by atoms with van der Waals surface area (Å²) in [5.41, 5.74) is 0. The molecule has 0 aromatic carbocycles. The Morgan fingerprint density at radius 3 is 2.77 bits per heavy atom. The van der Waals surface area contributed by atoms with Crippen molar-refractivity contribution in [2.24, 2.45) is 0 Å². The number of hydrogen-bond donors (Lipinski definition) is 1. The SMILES string of the molecule is CC(C)N(C)CCC1NCCC1=S. The maximum atomic E-state index is 5.28. The lowest BCUT2D eigenvalue weighted by molar-refractivity contribution is 0.266. The molecule has 1 heterocycles. The van der Waals surface area contributed by atoms with Gasteiger partial charge in [-0.3, -0.25) is 0 Å². The second-order valence-electron chi connectivity index (χ2n) is 4.09. The van der Waals surface area contributed by atoms with Crippen molar-refractivity contribution in [3.8, 4) is 0 Å². The van der Waals surface area contributed by atoms with Crippen LogP contribution in [0.25, 0.3) is 0 Å². The van der Waals surface area contributed by atoms with E-state index < -0.39 is 0 Å². The summed E-state index contributed by atoms with van der Waals surface area (Å²) < 4.78 is 0. The number of hydrogen-bond acceptors (Lipinski definition) is 3. The zero-order chi connectivity index (χ0) is 9.84. The lowest BCUT2D eigenvalue weighted by atomic mass is 10.1. The van der Waals surface area contributed by atoms with Crippen molar-refractivity contribution in [1.29, 1.82) is 0 Å². The Morgan fingerprint density at radius 1 is 1.62 bits per heavy atom. The molecule has 1 fully saturated rings. The van der Waals surface area contributed by atoms with Gasteiger partial charge in [0.05, 0.1) is 0 Å². The first-order chi connectivity index (χ1) is 6.11. The number of nitrogens with one attached hydrogen (secondary N) is 1. The van der Waals surface area contributed by atoms with E-state index in [0.717, 1.165) is 25.9 Å². The summed E-state index contributed by atoms with van der Waals surface area (Å²) in [7, 11) is 2.17. The van der Waals surface area contributed by atoms with Gasteiger partial charge in [0.15, 0.2) is 0 Å². The lowest BCUT2D eigenvalue weighted by Gasteiger charge is -2.22. The topological polar surface area (TPSA) is 15.3 Å². The third-order valence-electron chi connectivity index (χ3n) is 2.80. The van der Waals surface area contributed by atoms with E-state index in [-0.39, 0.29) is 0 Å². The highest BCUT2D eigenvalue weighted by Crippen LogP contribution is 2.08. The first kappa shape index (κ1) is 11.1. The van der Waals surface area contributed by atoms with Gasteiger partial charge in [0.25, 0.3) is 0 Å². The molecule has 0 aromatic rings. The summed E-state index contributed by atoms with van der Waals surface area (Å²) in [6.45, 7) is 6.66. The van der Waals surface area contributed by atoms with Gasteiger partial charge in [0, 0.05) is 23.5 Å². The van der Waals surface area contributed by atoms with Gasteiger partial charge in [-0.2, -0.15) is 0 Å². The number of rotatable bonds is 4. The molecule has 1 N–H and O–H groups in total. The molecular formula is C10H20N2S. The minimum absolute atomic E-state index is 0.496. The quantitative estimate of drug-likeness (QED) is 0.692. The molecule has 0 aliphatic carbocycles. The van der Waals surface area contributed by atoms with Gasteiger partial charge in [0.2, 0.25) is 0 Å². The highest BCUT2D eigenvalue weighted by molar-refractivity contribution is 7.80. The summed E-state index contributed by atoms with van der Waals surface area (Å²) in [5.74, 6) is 0. The summed E-state index contributed by atoms with van der Waals surface area (Å²) in [6, 6.07) is 1.13. The first-order valence-electron chi connectivity index (χ1n) is 5.07. The zero-order valence-electron chi connectivity index (χ0n) is 8.84. The molecule has 0 saturated carbocycles. The van der Waals surface area contributed by atoms with Crippen molar-refractivity contribution in [2.45, 2.75) is 38.8 Å². The molecule has 0 spiro atoms. The van der Waals surface area contributed by atoms with E-state index in [1.54, 1.807) is 0 Å². The van der Waals surface area contributed by atoms with Crippen molar-refractivity contribution in [3.05, 3.63) is 0 Å². The summed E-state index contributed by atoms with van der Waals surface area (Å²) in [6.07, 6.45) is 2.25. The highest BCUT2D eigenvalue weighted by atomic mass is 32.1. The second kappa shape index (κ2) is 5.03. The molecule has 2 nitrogen and oxygen atoms in total. The predicted molar refractivity (Wildman–Crippen MR) is 61.4 cm³/mol. The van der Waals surface area contributed by atoms with Gasteiger partial charge in [-0.15, -0.1) is 0 Å². The summed E-state index contributed by atoms with van der Waals surface area (Å²) >= 11 is 5.28. The van der Waals surface area contributed by atoms with Crippen LogP contribution in [-0.2, 0) is 0 Å². The van der Waals surface area contributed by atoms with Gasteiger partial charge in [-0.25, -0.2) is 0 Å². The third kappa shape index (κ3) is 3.33. The largest absolute Gasteiger partial charge is 0.309 e. The van der Waals surface area contributed by atoms with Crippen LogP contribution in [0.3, 0.4) is 0 Å². The Balaban J connectivity index is 2.22. The average Bonchev–Trinajstić information content (AvgIpc) is 2.47. The second-order valence-corrected chi connectivity index (χ2v) is 4.61. The third-order valence-corrected chi connectivity index (χ3v) is 3.29. The Hall–Kier alpha value is 0.01000. The maximum absolute atomic E-state index is 5.28. The predicted octanol–water partition coefficient (Wildman–Crippen LogP) is 1.45. The molecule has 0 amide bonds. The van der Waals surface area contributed by atoms with E-state index in [4.69, 9.17) is 12.2 Å². The molecular weight excluding hydrogens is 180 g/mol. The van der Waals surface area contributed by atoms with Gasteiger partial charge >= 0.3 is 0 Å². The van der Waals surface area contributed by atoms with Crippen molar-refractivity contribution in [2.75, 3.05) is 20.1 Å². The monoisotopic (exact) mass is 200 g/mol. The normalized spacial score (nSPS) is 23.5. The van der Waals surface area contributed by atoms with Crippen LogP contribution in [0.5, 0.6) is 0 Å². The van der Waals surface area contributed by atoms with E-state index in [9.17, 15) is 0 Å². The van der Waals surface area contributed by atoms with Crippen LogP contribution in [0.4, 0.5) is 0 Å². The standard InChI is InChI=1S/C10H20N2S/c1-8(2)12(3)7-5-9-10(13)4-6-11-9/h8-9,11H,4-7H2,1-3H3. The fourth-order valence-corrected chi connectivity index (χ4v) is 1.81. The van der Waals surface area contributed by atoms with E-state index in [1.807, 2.05) is 0 Å². The Kier molecular flexibility index (Phi) is 4.29. The van der Waals surface area contributed by atoms with Crippen molar-refractivity contribution >= 4 is 17.1 Å². The number of nitrogens with zero attached hydrogens (tertiary/aromatic N) is 1. The molecule has 76 valence electrons. The van der Waals surface area contributed by atoms with E-state index >= 15 is 0 Å². The van der Waals surface area contributed by atoms with Crippen molar-refractivity contribution in [3.63, 3.8) is 0 Å². The molecule has 1 aliphatic rings. The van der Waals surface area contributed by atoms with Crippen molar-refractivity contribution < 1.29 is 0 Å². The Morgan fingerprint density at radius 2 is 2.31 bits per heavy atom. The average molecular weight is 200 g/mol. The number of thiocarbonyl (C=S) groups is 1. The Bertz CT molecular complexity index is 180. The van der Waals surface area contributed by atoms with Crippen LogP contribution in [0, 0.1) is 0 Å². The molecule has 0 bridgehead atoms. The molecule has 1 unspecified atom stereocenters. The molecule has 1 aliphatic heterocycles. The smallest absolute Gasteiger partial charge is 0.0396 e. The summed E-state index contributed by atoms with van der Waals surface area (Å²) in [4.78, 5) is 3.58. The van der Waals surface area contributed by atoms with Gasteiger partial charge in [-0.1, -0.05) is 12.2 Å². The van der Waals surface area contributed by atoms with Gasteiger partial charge < -0.3 is 10.2 Å². The van der Waals surface area contributed by atoms with Crippen LogP contribution < -0.4 is 5.32 Å². The first-order valence-corrected chi connectivity index (χ1v) is 5.48.